The molecule has 5 nitrogen and oxygen atoms in total. The largest absolute Gasteiger partial charge is 0.458 e. The molecule has 1 fully saturated rings. The third-order valence-corrected chi connectivity index (χ3v) is 5.43. The summed E-state index contributed by atoms with van der Waals surface area (Å²) >= 11 is 1.68. The number of ether oxygens (including phenoxy) is 1. The molecule has 6 heteroatoms. The van der Waals surface area contributed by atoms with Gasteiger partial charge in [0.25, 0.3) is 0 Å². The van der Waals surface area contributed by atoms with Gasteiger partial charge in [-0.15, -0.1) is 11.8 Å². The number of carbonyl (C=O) groups is 2. The Balaban J connectivity index is 2.15. The predicted octanol–water partition coefficient (Wildman–Crippen LogP) is 3.20. The number of thioether (sulfide) groups is 1. The van der Waals surface area contributed by atoms with Crippen molar-refractivity contribution in [1.29, 1.82) is 0 Å². The van der Waals surface area contributed by atoms with Crippen molar-refractivity contribution in [2.24, 2.45) is 0 Å². The van der Waals surface area contributed by atoms with Gasteiger partial charge in [-0.25, -0.2) is 4.98 Å². The fourth-order valence-electron chi connectivity index (χ4n) is 3.02. The van der Waals surface area contributed by atoms with Crippen molar-refractivity contribution in [3.63, 3.8) is 0 Å². The lowest BCUT2D eigenvalue weighted by molar-refractivity contribution is -0.155. The van der Waals surface area contributed by atoms with Gasteiger partial charge < -0.3 is 4.74 Å². The van der Waals surface area contributed by atoms with E-state index in [1.807, 2.05) is 31.2 Å². The lowest BCUT2D eigenvalue weighted by Crippen LogP contribution is -2.34. The number of nitrogens with zero attached hydrogens (tertiary/aromatic N) is 2. The number of benzene rings is 1. The second kappa shape index (κ2) is 5.43. The summed E-state index contributed by atoms with van der Waals surface area (Å²) in [5.74, 6) is 1.15. The molecule has 0 N–H and O–H groups in total. The fourth-order valence-corrected chi connectivity index (χ4v) is 4.60. The molecule has 3 rings (SSSR count). The molecule has 2 heterocycles. The Morgan fingerprint density at radius 3 is 2.77 bits per heavy atom. The maximum absolute atomic E-state index is 12.1. The van der Waals surface area contributed by atoms with Crippen LogP contribution in [-0.4, -0.2) is 32.8 Å². The van der Waals surface area contributed by atoms with E-state index in [0.717, 1.165) is 23.2 Å². The van der Waals surface area contributed by atoms with E-state index in [4.69, 9.17) is 4.74 Å². The Bertz CT molecular complexity index is 755. The molecule has 2 aromatic rings. The molecule has 1 aliphatic rings. The predicted molar refractivity (Wildman–Crippen MR) is 86.0 cm³/mol. The second-order valence-electron chi connectivity index (χ2n) is 5.72. The Labute approximate surface area is 133 Å². The molecule has 2 atom stereocenters. The zero-order valence-electron chi connectivity index (χ0n) is 12.8. The first-order valence-corrected chi connectivity index (χ1v) is 8.27. The average molecular weight is 318 g/mol. The Morgan fingerprint density at radius 2 is 2.09 bits per heavy atom. The van der Waals surface area contributed by atoms with E-state index >= 15 is 0 Å². The van der Waals surface area contributed by atoms with Crippen LogP contribution in [0.15, 0.2) is 24.3 Å². The zero-order chi connectivity index (χ0) is 15.9. The van der Waals surface area contributed by atoms with Crippen LogP contribution in [0.4, 0.5) is 0 Å². The molecule has 116 valence electrons. The number of fused-ring (bicyclic) bond motifs is 1. The molecule has 22 heavy (non-hydrogen) atoms. The van der Waals surface area contributed by atoms with Gasteiger partial charge in [0.1, 0.15) is 16.7 Å². The molecule has 0 bridgehead atoms. The summed E-state index contributed by atoms with van der Waals surface area (Å²) in [6.07, 6.45) is 0.753. The van der Waals surface area contributed by atoms with Crippen LogP contribution in [-0.2, 0) is 9.53 Å². The fraction of sp³-hybridized carbons (Fsp3) is 0.438. The first-order valence-electron chi connectivity index (χ1n) is 7.22. The normalized spacial score (nSPS) is 24.6. The van der Waals surface area contributed by atoms with Crippen molar-refractivity contribution in [3.05, 3.63) is 30.1 Å². The monoisotopic (exact) mass is 318 g/mol. The van der Waals surface area contributed by atoms with E-state index in [-0.39, 0.29) is 17.1 Å². The number of hydrogen-bond acceptors (Lipinski definition) is 5. The molecule has 0 radical (unpaired) electrons. The van der Waals surface area contributed by atoms with Gasteiger partial charge in [0.2, 0.25) is 5.91 Å². The molecule has 0 aliphatic carbocycles. The minimum atomic E-state index is -0.634. The average Bonchev–Trinajstić information content (AvgIpc) is 2.97. The number of imidazole rings is 1. The quantitative estimate of drug-likeness (QED) is 0.796. The van der Waals surface area contributed by atoms with Crippen LogP contribution in [0.1, 0.15) is 43.1 Å². The van der Waals surface area contributed by atoms with Crippen LogP contribution in [0.5, 0.6) is 0 Å². The second-order valence-corrected chi connectivity index (χ2v) is 6.93. The van der Waals surface area contributed by atoms with Gasteiger partial charge in [0, 0.05) is 13.8 Å². The molecule has 0 spiro atoms. The number of para-hydroxylation sites is 2. The van der Waals surface area contributed by atoms with E-state index in [0.29, 0.717) is 5.82 Å². The number of carbonyl (C=O) groups excluding carboxylic acids is 2. The summed E-state index contributed by atoms with van der Waals surface area (Å²) in [7, 11) is 0. The van der Waals surface area contributed by atoms with Crippen molar-refractivity contribution in [1.82, 2.24) is 9.55 Å². The SMILES string of the molecule is CC(=O)O[C@@]1(C)CCS[C@H]1c1nc2ccccc2n1C(C)=O. The highest BCUT2D eigenvalue weighted by molar-refractivity contribution is 7.99. The van der Waals surface area contributed by atoms with E-state index in [2.05, 4.69) is 4.98 Å². The smallest absolute Gasteiger partial charge is 0.303 e. The minimum absolute atomic E-state index is 0.0821. The van der Waals surface area contributed by atoms with E-state index < -0.39 is 5.60 Å². The summed E-state index contributed by atoms with van der Waals surface area (Å²) < 4.78 is 7.21. The van der Waals surface area contributed by atoms with Crippen LogP contribution in [0.2, 0.25) is 0 Å². The number of esters is 1. The van der Waals surface area contributed by atoms with Gasteiger partial charge in [0.15, 0.2) is 0 Å². The molecule has 0 saturated carbocycles. The summed E-state index contributed by atoms with van der Waals surface area (Å²) in [6, 6.07) is 7.56. The molecular formula is C16H18N2O3S. The van der Waals surface area contributed by atoms with Crippen molar-refractivity contribution >= 4 is 34.7 Å². The van der Waals surface area contributed by atoms with Crippen molar-refractivity contribution in [2.45, 2.75) is 38.0 Å². The van der Waals surface area contributed by atoms with E-state index in [1.165, 1.54) is 13.8 Å². The van der Waals surface area contributed by atoms with Crippen molar-refractivity contribution < 1.29 is 14.3 Å². The van der Waals surface area contributed by atoms with Gasteiger partial charge in [-0.3, -0.25) is 14.2 Å². The lowest BCUT2D eigenvalue weighted by Gasteiger charge is -2.29. The molecule has 0 unspecified atom stereocenters. The van der Waals surface area contributed by atoms with Crippen LogP contribution in [0.25, 0.3) is 11.0 Å². The van der Waals surface area contributed by atoms with Crippen LogP contribution in [0, 0.1) is 0 Å². The Hall–Kier alpha value is -1.82. The number of hydrogen-bond donors (Lipinski definition) is 0. The highest BCUT2D eigenvalue weighted by atomic mass is 32.2. The third kappa shape index (κ3) is 2.41. The standard InChI is InChI=1S/C16H18N2O3S/c1-10(19)18-13-7-5-4-6-12(13)17-15(18)14-16(3,8-9-22-14)21-11(2)20/h4-7,14H,8-9H2,1-3H3/t14-,16-/m0/s1. The summed E-state index contributed by atoms with van der Waals surface area (Å²) in [5.41, 5.74) is 0.943. The van der Waals surface area contributed by atoms with Gasteiger partial charge in [0.05, 0.1) is 11.0 Å². The maximum atomic E-state index is 12.1. The number of aromatic nitrogens is 2. The van der Waals surface area contributed by atoms with Crippen molar-refractivity contribution in [3.8, 4) is 0 Å². The molecule has 1 aliphatic heterocycles. The summed E-state index contributed by atoms with van der Waals surface area (Å²) in [4.78, 5) is 28.2. The Morgan fingerprint density at radius 1 is 1.36 bits per heavy atom. The van der Waals surface area contributed by atoms with Crippen LogP contribution in [0.3, 0.4) is 0 Å². The van der Waals surface area contributed by atoms with Gasteiger partial charge in [-0.2, -0.15) is 0 Å². The van der Waals surface area contributed by atoms with Gasteiger partial charge in [-0.1, -0.05) is 12.1 Å². The number of rotatable bonds is 2. The van der Waals surface area contributed by atoms with Crippen LogP contribution < -0.4 is 0 Å². The molecule has 0 amide bonds. The molecule has 1 saturated heterocycles. The zero-order valence-corrected chi connectivity index (χ0v) is 13.6. The van der Waals surface area contributed by atoms with Gasteiger partial charge >= 0.3 is 5.97 Å². The first-order chi connectivity index (χ1) is 10.4. The van der Waals surface area contributed by atoms with Crippen LogP contribution >= 0.6 is 11.8 Å². The highest BCUT2D eigenvalue weighted by Crippen LogP contribution is 2.49. The van der Waals surface area contributed by atoms with Crippen molar-refractivity contribution in [2.75, 3.05) is 5.75 Å². The summed E-state index contributed by atoms with van der Waals surface area (Å²) in [6.45, 7) is 4.86. The molecule has 1 aromatic carbocycles. The minimum Gasteiger partial charge on any atom is -0.458 e. The van der Waals surface area contributed by atoms with Gasteiger partial charge in [-0.05, 0) is 31.2 Å². The topological polar surface area (TPSA) is 61.2 Å². The molecule has 1 aromatic heterocycles. The highest BCUT2D eigenvalue weighted by Gasteiger charge is 2.46. The summed E-state index contributed by atoms with van der Waals surface area (Å²) in [5, 5.41) is -0.146. The molecular weight excluding hydrogens is 300 g/mol. The lowest BCUT2D eigenvalue weighted by atomic mass is 9.98. The third-order valence-electron chi connectivity index (χ3n) is 3.95. The van der Waals surface area contributed by atoms with E-state index in [1.54, 1.807) is 16.3 Å². The Kier molecular flexibility index (Phi) is 3.72. The first kappa shape index (κ1) is 15.1. The van der Waals surface area contributed by atoms with E-state index in [9.17, 15) is 9.59 Å². The maximum Gasteiger partial charge on any atom is 0.303 e.